The van der Waals surface area contributed by atoms with Crippen molar-refractivity contribution in [3.63, 3.8) is 0 Å². The molecule has 45 heavy (non-hydrogen) atoms. The third kappa shape index (κ3) is 6.34. The Kier molecular flexibility index (Phi) is 9.73. The zero-order chi connectivity index (χ0) is 31.8. The van der Waals surface area contributed by atoms with Gasteiger partial charge in [-0.1, -0.05) is 44.7 Å². The summed E-state index contributed by atoms with van der Waals surface area (Å²) < 4.78 is 12.4. The summed E-state index contributed by atoms with van der Waals surface area (Å²) in [7, 11) is 0.527. The molecule has 2 saturated heterocycles. The number of allylic oxidation sites excluding steroid dienone is 2. The van der Waals surface area contributed by atoms with Crippen molar-refractivity contribution in [3.05, 3.63) is 62.5 Å². The molecular weight excluding hydrogens is 682 g/mol. The number of halogens is 1. The number of carbonyl (C=O) groups is 2. The molecule has 6 rings (SSSR count). The van der Waals surface area contributed by atoms with Crippen LogP contribution in [0.15, 0.2) is 47.7 Å². The van der Waals surface area contributed by atoms with Crippen LogP contribution < -0.4 is 4.74 Å². The number of phenolic OH excluding ortho intramolecular Hbond substituents is 1. The minimum absolute atomic E-state index is 0.00325. The number of amides is 2. The number of benzene rings is 1. The van der Waals surface area contributed by atoms with Crippen molar-refractivity contribution in [2.75, 3.05) is 7.11 Å². The van der Waals surface area contributed by atoms with Crippen LogP contribution >= 0.6 is 22.6 Å². The summed E-state index contributed by atoms with van der Waals surface area (Å²) in [4.78, 5) is 34.2. The number of likely N-dealkylation sites (tertiary alicyclic amines) is 1. The Morgan fingerprint density at radius 1 is 1.18 bits per heavy atom. The van der Waals surface area contributed by atoms with Crippen LogP contribution in [0.25, 0.3) is 11.6 Å². The molecule has 2 N–H and O–H groups in total. The minimum atomic E-state index is -1.01. The lowest BCUT2D eigenvalue weighted by atomic mass is 9.57. The number of aromatic hydroxyl groups is 1. The zero-order valence-corrected chi connectivity index (χ0v) is 28.4. The molecule has 1 aromatic heterocycles. The third-order valence-corrected chi connectivity index (χ3v) is 11.0. The van der Waals surface area contributed by atoms with E-state index in [0.717, 1.165) is 54.5 Å². The molecule has 2 amide bonds. The molecule has 10 heteroatoms. The summed E-state index contributed by atoms with van der Waals surface area (Å²) in [6.07, 6.45) is 10.6. The molecule has 1 aromatic carbocycles. The van der Waals surface area contributed by atoms with Gasteiger partial charge in [-0.15, -0.1) is 0 Å². The summed E-state index contributed by atoms with van der Waals surface area (Å²) in [5.41, 5.74) is 5.00. The van der Waals surface area contributed by atoms with E-state index in [0.29, 0.717) is 34.9 Å². The number of aromatic nitrogens is 1. The number of phenols is 1. The standard InChI is InChI=1S/C35H42BIN2O6/c1-20(2)24-18-25-32(35(42)39(34(25)41)23-9-5-4-6-10-23)26-19-36(43)45-29(31(24)26)13-12-22(28-11-7-8-14-38-28)15-21-16-27(37)33(40)30(17-21)44-3/h7-8,11,14-17,20,23,25-26,29,32,40,43H,4-6,9-10,12-13,18-19H2,1-3H3/b22-15-/t25-,26+,29-,32-/m1/s1. The molecule has 4 atom stereocenters. The molecule has 0 unspecified atom stereocenters. The highest BCUT2D eigenvalue weighted by Gasteiger charge is 2.58. The summed E-state index contributed by atoms with van der Waals surface area (Å²) in [5, 5.41) is 21.4. The first-order chi connectivity index (χ1) is 21.7. The molecule has 0 bridgehead atoms. The van der Waals surface area contributed by atoms with Gasteiger partial charge in [-0.2, -0.15) is 0 Å². The molecule has 3 heterocycles. The second kappa shape index (κ2) is 13.6. The zero-order valence-electron chi connectivity index (χ0n) is 26.2. The number of hydrogen-bond acceptors (Lipinski definition) is 7. The van der Waals surface area contributed by atoms with Crippen molar-refractivity contribution in [2.45, 2.75) is 83.7 Å². The summed E-state index contributed by atoms with van der Waals surface area (Å²) in [6.45, 7) is 4.31. The summed E-state index contributed by atoms with van der Waals surface area (Å²) in [6, 6.07) is 9.52. The van der Waals surface area contributed by atoms with Gasteiger partial charge in [0.15, 0.2) is 11.5 Å². The predicted molar refractivity (Wildman–Crippen MR) is 182 cm³/mol. The maximum atomic E-state index is 14.1. The van der Waals surface area contributed by atoms with E-state index < -0.39 is 13.0 Å². The number of ether oxygens (including phenoxy) is 1. The largest absolute Gasteiger partial charge is 0.504 e. The highest BCUT2D eigenvalue weighted by molar-refractivity contribution is 14.1. The first-order valence-corrected chi connectivity index (χ1v) is 17.4. The van der Waals surface area contributed by atoms with Crippen LogP contribution in [-0.4, -0.2) is 58.2 Å². The van der Waals surface area contributed by atoms with Crippen LogP contribution in [0.3, 0.4) is 0 Å². The van der Waals surface area contributed by atoms with Gasteiger partial charge in [0.1, 0.15) is 0 Å². The van der Waals surface area contributed by atoms with E-state index in [9.17, 15) is 19.7 Å². The Hall–Kier alpha value is -2.70. The van der Waals surface area contributed by atoms with E-state index >= 15 is 0 Å². The third-order valence-electron chi connectivity index (χ3n) is 10.2. The lowest BCUT2D eigenvalue weighted by Crippen LogP contribution is -2.47. The van der Waals surface area contributed by atoms with Crippen molar-refractivity contribution in [1.29, 1.82) is 0 Å². The molecule has 0 radical (unpaired) electrons. The van der Waals surface area contributed by atoms with Gasteiger partial charge >= 0.3 is 7.12 Å². The van der Waals surface area contributed by atoms with Gasteiger partial charge in [-0.05, 0) is 120 Å². The maximum Gasteiger partial charge on any atom is 0.455 e. The number of nitrogens with zero attached hydrogens (tertiary/aromatic N) is 2. The Labute approximate surface area is 279 Å². The van der Waals surface area contributed by atoms with Crippen LogP contribution in [0.2, 0.25) is 6.32 Å². The van der Waals surface area contributed by atoms with Crippen LogP contribution in [0.5, 0.6) is 11.5 Å². The lowest BCUT2D eigenvalue weighted by Gasteiger charge is -2.44. The number of fused-ring (bicyclic) bond motifs is 3. The van der Waals surface area contributed by atoms with Gasteiger partial charge in [0.2, 0.25) is 11.8 Å². The number of methoxy groups -OCH3 is 1. The fourth-order valence-electron chi connectivity index (χ4n) is 8.12. The molecule has 0 spiro atoms. The number of hydrogen-bond donors (Lipinski definition) is 2. The molecule has 2 aliphatic heterocycles. The van der Waals surface area contributed by atoms with Crippen molar-refractivity contribution >= 4 is 53.2 Å². The van der Waals surface area contributed by atoms with E-state index in [1.54, 1.807) is 17.2 Å². The molecule has 3 fully saturated rings. The number of pyridine rings is 1. The van der Waals surface area contributed by atoms with Crippen LogP contribution in [0, 0.1) is 27.2 Å². The van der Waals surface area contributed by atoms with Gasteiger partial charge in [0.25, 0.3) is 0 Å². The van der Waals surface area contributed by atoms with E-state index in [-0.39, 0.29) is 47.5 Å². The van der Waals surface area contributed by atoms with Crippen LogP contribution in [0.4, 0.5) is 0 Å². The van der Waals surface area contributed by atoms with Gasteiger partial charge in [0.05, 0.1) is 34.3 Å². The summed E-state index contributed by atoms with van der Waals surface area (Å²) >= 11 is 2.09. The number of carbonyl (C=O) groups excluding carboxylic acids is 2. The van der Waals surface area contributed by atoms with Gasteiger partial charge in [-0.3, -0.25) is 19.5 Å². The number of imide groups is 1. The van der Waals surface area contributed by atoms with Crippen molar-refractivity contribution in [1.82, 2.24) is 9.88 Å². The fourth-order valence-corrected chi connectivity index (χ4v) is 8.75. The highest BCUT2D eigenvalue weighted by atomic mass is 127. The quantitative estimate of drug-likeness (QED) is 0.138. The second-order valence-corrected chi connectivity index (χ2v) is 14.4. The molecule has 2 aromatic rings. The smallest absolute Gasteiger partial charge is 0.455 e. The van der Waals surface area contributed by atoms with Gasteiger partial charge in [0, 0.05) is 12.2 Å². The molecule has 1 saturated carbocycles. The molecule has 4 aliphatic rings. The first-order valence-electron chi connectivity index (χ1n) is 16.3. The first kappa shape index (κ1) is 32.3. The fraction of sp³-hybridized carbons (Fsp3) is 0.514. The second-order valence-electron chi connectivity index (χ2n) is 13.2. The highest BCUT2D eigenvalue weighted by Crippen LogP contribution is 2.53. The van der Waals surface area contributed by atoms with Crippen molar-refractivity contribution < 1.29 is 29.1 Å². The maximum absolute atomic E-state index is 14.1. The average molecular weight is 724 g/mol. The average Bonchev–Trinajstić information content (AvgIpc) is 3.29. The summed E-state index contributed by atoms with van der Waals surface area (Å²) in [5.74, 6) is -0.361. The SMILES string of the molecule is COc1cc(/C=C(/CC[C@H]2OB(O)C[C@H]3C2=C(C(C)C)C[C@H]2C(=O)N(C4CCCCC4)C(=O)[C@H]23)c2ccccn2)cc(I)c1O. The lowest BCUT2D eigenvalue weighted by molar-refractivity contribution is -0.143. The topological polar surface area (TPSA) is 109 Å². The van der Waals surface area contributed by atoms with E-state index in [2.05, 4.69) is 47.5 Å². The van der Waals surface area contributed by atoms with E-state index in [1.165, 1.54) is 12.7 Å². The Bertz CT molecular complexity index is 1500. The van der Waals surface area contributed by atoms with E-state index in [1.807, 2.05) is 24.3 Å². The van der Waals surface area contributed by atoms with Crippen molar-refractivity contribution in [3.8, 4) is 11.5 Å². The Balaban J connectivity index is 1.33. The van der Waals surface area contributed by atoms with Crippen molar-refractivity contribution in [2.24, 2.45) is 23.7 Å². The van der Waals surface area contributed by atoms with Crippen LogP contribution in [-0.2, 0) is 14.2 Å². The van der Waals surface area contributed by atoms with E-state index in [4.69, 9.17) is 9.39 Å². The molecule has 2 aliphatic carbocycles. The molecule has 238 valence electrons. The Morgan fingerprint density at radius 3 is 2.64 bits per heavy atom. The minimum Gasteiger partial charge on any atom is -0.504 e. The normalized spacial score (nSPS) is 26.0. The van der Waals surface area contributed by atoms with Gasteiger partial charge < -0.3 is 19.5 Å². The van der Waals surface area contributed by atoms with Crippen LogP contribution in [0.1, 0.15) is 76.5 Å². The molecular formula is C35H42BIN2O6. The Morgan fingerprint density at radius 2 is 1.96 bits per heavy atom. The van der Waals surface area contributed by atoms with Gasteiger partial charge in [-0.25, -0.2) is 0 Å². The number of rotatable bonds is 8. The monoisotopic (exact) mass is 724 g/mol. The molecule has 8 nitrogen and oxygen atoms in total. The predicted octanol–water partition coefficient (Wildman–Crippen LogP) is 6.51.